The van der Waals surface area contributed by atoms with Gasteiger partial charge >= 0.3 is 11.9 Å². The van der Waals surface area contributed by atoms with Crippen LogP contribution in [-0.2, 0) is 33.7 Å². The van der Waals surface area contributed by atoms with Gasteiger partial charge in [-0.1, -0.05) is 60.7 Å². The maximum Gasteiger partial charge on any atom is 0.343 e. The number of esters is 2. The quantitative estimate of drug-likeness (QED) is 0.560. The Morgan fingerprint density at radius 3 is 1.34 bits per heavy atom. The standard InChI is InChI=1S/C21H16O7S/c1-27-20(23)15-17(22)16(21(24)28-2)19(14-11-7-4-8-12-14)29(25,26)18(15)13-9-5-3-6-10-13/h3-12H,1-2H3. The lowest BCUT2D eigenvalue weighted by atomic mass is 9.97. The average Bonchev–Trinajstić information content (AvgIpc) is 2.74. The van der Waals surface area contributed by atoms with Crippen LogP contribution in [0.3, 0.4) is 0 Å². The Bertz CT molecular complexity index is 1070. The van der Waals surface area contributed by atoms with Crippen LogP contribution in [0.2, 0.25) is 0 Å². The van der Waals surface area contributed by atoms with E-state index in [1.165, 1.54) is 24.3 Å². The van der Waals surface area contributed by atoms with Crippen molar-refractivity contribution in [2.24, 2.45) is 0 Å². The van der Waals surface area contributed by atoms with Gasteiger partial charge in [0.15, 0.2) is 0 Å². The van der Waals surface area contributed by atoms with Gasteiger partial charge in [-0.2, -0.15) is 0 Å². The third-order valence-corrected chi connectivity index (χ3v) is 6.25. The van der Waals surface area contributed by atoms with E-state index in [0.29, 0.717) is 0 Å². The molecule has 0 atom stereocenters. The van der Waals surface area contributed by atoms with Gasteiger partial charge in [0.2, 0.25) is 15.6 Å². The number of hydrogen-bond acceptors (Lipinski definition) is 7. The van der Waals surface area contributed by atoms with Gasteiger partial charge < -0.3 is 9.47 Å². The molecule has 0 N–H and O–H groups in total. The summed E-state index contributed by atoms with van der Waals surface area (Å²) < 4.78 is 36.6. The third kappa shape index (κ3) is 3.38. The van der Waals surface area contributed by atoms with Gasteiger partial charge in [-0.3, -0.25) is 4.79 Å². The summed E-state index contributed by atoms with van der Waals surface area (Å²) >= 11 is 0. The van der Waals surface area contributed by atoms with E-state index < -0.39 is 48.5 Å². The van der Waals surface area contributed by atoms with Crippen LogP contribution >= 0.6 is 0 Å². The highest BCUT2D eigenvalue weighted by Crippen LogP contribution is 2.42. The first-order chi connectivity index (χ1) is 13.8. The fraction of sp³-hybridized carbons (Fsp3) is 0.0952. The molecule has 1 aliphatic heterocycles. The van der Waals surface area contributed by atoms with Crippen LogP contribution in [0.5, 0.6) is 0 Å². The molecule has 0 bridgehead atoms. The maximum atomic E-state index is 13.6. The molecule has 0 spiro atoms. The van der Waals surface area contributed by atoms with Crippen LogP contribution in [0.1, 0.15) is 11.1 Å². The van der Waals surface area contributed by atoms with Crippen molar-refractivity contribution in [3.63, 3.8) is 0 Å². The Kier molecular flexibility index (Phi) is 5.47. The van der Waals surface area contributed by atoms with E-state index in [2.05, 4.69) is 9.47 Å². The normalized spacial score (nSPS) is 15.9. The number of methoxy groups -OCH3 is 2. The lowest BCUT2D eigenvalue weighted by molar-refractivity contribution is -0.138. The highest BCUT2D eigenvalue weighted by atomic mass is 32.2. The second-order valence-electron chi connectivity index (χ2n) is 5.96. The second-order valence-corrected chi connectivity index (χ2v) is 7.78. The number of sulfone groups is 1. The van der Waals surface area contributed by atoms with Crippen molar-refractivity contribution in [2.75, 3.05) is 14.2 Å². The predicted molar refractivity (Wildman–Crippen MR) is 105 cm³/mol. The SMILES string of the molecule is COC(=O)C1=C(c2ccccc2)S(=O)(=O)C(c2ccccc2)=C(C(=O)OC)C1=O. The van der Waals surface area contributed by atoms with Crippen LogP contribution < -0.4 is 0 Å². The first-order valence-corrected chi connectivity index (χ1v) is 9.88. The van der Waals surface area contributed by atoms with Crippen molar-refractivity contribution in [3.8, 4) is 0 Å². The molecule has 7 nitrogen and oxygen atoms in total. The first kappa shape index (κ1) is 20.2. The number of Topliss-reactive ketones (excluding diaryl/α,β-unsaturated/α-hetero) is 1. The highest BCUT2D eigenvalue weighted by Gasteiger charge is 2.46. The van der Waals surface area contributed by atoms with Crippen LogP contribution in [0.4, 0.5) is 0 Å². The number of rotatable bonds is 4. The highest BCUT2D eigenvalue weighted by molar-refractivity contribution is 8.09. The predicted octanol–water partition coefficient (Wildman–Crippen LogP) is 2.15. The largest absolute Gasteiger partial charge is 0.465 e. The Hall–Kier alpha value is -3.52. The Balaban J connectivity index is 2.47. The third-order valence-electron chi connectivity index (χ3n) is 4.30. The molecule has 29 heavy (non-hydrogen) atoms. The zero-order valence-electron chi connectivity index (χ0n) is 15.5. The minimum absolute atomic E-state index is 0.124. The van der Waals surface area contributed by atoms with Crippen molar-refractivity contribution in [1.82, 2.24) is 0 Å². The molecule has 0 fully saturated rings. The summed E-state index contributed by atoms with van der Waals surface area (Å²) in [7, 11) is -2.44. The summed E-state index contributed by atoms with van der Waals surface area (Å²) in [6, 6.07) is 15.4. The summed E-state index contributed by atoms with van der Waals surface area (Å²) in [6.07, 6.45) is 0. The van der Waals surface area contributed by atoms with Gasteiger partial charge in [-0.05, 0) is 11.1 Å². The Morgan fingerprint density at radius 2 is 1.03 bits per heavy atom. The molecule has 0 amide bonds. The number of carbonyl (C=O) groups is 3. The molecule has 1 heterocycles. The summed E-state index contributed by atoms with van der Waals surface area (Å²) in [6.45, 7) is 0. The van der Waals surface area contributed by atoms with Gasteiger partial charge in [0.1, 0.15) is 11.1 Å². The molecule has 8 heteroatoms. The fourth-order valence-corrected chi connectivity index (χ4v) is 5.04. The molecular weight excluding hydrogens is 396 g/mol. The summed E-state index contributed by atoms with van der Waals surface area (Å²) in [5, 5.41) is 0. The summed E-state index contributed by atoms with van der Waals surface area (Å²) in [5.74, 6) is -3.40. The maximum absolute atomic E-state index is 13.6. The number of ketones is 1. The smallest absolute Gasteiger partial charge is 0.343 e. The van der Waals surface area contributed by atoms with Crippen molar-refractivity contribution in [3.05, 3.63) is 82.9 Å². The van der Waals surface area contributed by atoms with Crippen LogP contribution in [0.25, 0.3) is 9.81 Å². The number of carbonyl (C=O) groups excluding carboxylic acids is 3. The minimum atomic E-state index is -4.48. The van der Waals surface area contributed by atoms with E-state index in [1.54, 1.807) is 36.4 Å². The second kappa shape index (κ2) is 7.84. The molecule has 2 aromatic rings. The van der Waals surface area contributed by atoms with E-state index >= 15 is 0 Å². The molecular formula is C21H16O7S. The van der Waals surface area contributed by atoms with E-state index in [-0.39, 0.29) is 11.1 Å². The van der Waals surface area contributed by atoms with Gasteiger partial charge in [0.05, 0.1) is 24.0 Å². The van der Waals surface area contributed by atoms with E-state index in [4.69, 9.17) is 0 Å². The van der Waals surface area contributed by atoms with Crippen LogP contribution in [0.15, 0.2) is 71.8 Å². The molecule has 0 saturated heterocycles. The lowest BCUT2D eigenvalue weighted by Crippen LogP contribution is -2.31. The Labute approximate surface area is 167 Å². The topological polar surface area (TPSA) is 104 Å². The van der Waals surface area contributed by atoms with Gasteiger partial charge in [-0.15, -0.1) is 0 Å². The molecule has 0 unspecified atom stereocenters. The fourth-order valence-electron chi connectivity index (χ4n) is 3.05. The van der Waals surface area contributed by atoms with Gasteiger partial charge in [-0.25, -0.2) is 18.0 Å². The number of benzene rings is 2. The van der Waals surface area contributed by atoms with Crippen molar-refractivity contribution in [1.29, 1.82) is 0 Å². The van der Waals surface area contributed by atoms with E-state index in [1.807, 2.05) is 0 Å². The number of ether oxygens (including phenoxy) is 2. The molecule has 2 aromatic carbocycles. The summed E-state index contributed by atoms with van der Waals surface area (Å²) in [4.78, 5) is 37.0. The van der Waals surface area contributed by atoms with Crippen molar-refractivity contribution >= 4 is 37.4 Å². The van der Waals surface area contributed by atoms with Crippen molar-refractivity contribution in [2.45, 2.75) is 0 Å². The van der Waals surface area contributed by atoms with Gasteiger partial charge in [0.25, 0.3) is 0 Å². The first-order valence-electron chi connectivity index (χ1n) is 8.40. The summed E-state index contributed by atoms with van der Waals surface area (Å²) in [5.41, 5.74) is -1.23. The minimum Gasteiger partial charge on any atom is -0.465 e. The zero-order valence-corrected chi connectivity index (χ0v) is 16.4. The molecule has 0 aromatic heterocycles. The van der Waals surface area contributed by atoms with Gasteiger partial charge in [0, 0.05) is 0 Å². The van der Waals surface area contributed by atoms with E-state index in [0.717, 1.165) is 14.2 Å². The Morgan fingerprint density at radius 1 is 0.690 bits per heavy atom. The molecule has 148 valence electrons. The monoisotopic (exact) mass is 412 g/mol. The average molecular weight is 412 g/mol. The molecule has 1 aliphatic rings. The van der Waals surface area contributed by atoms with Crippen LogP contribution in [-0.4, -0.2) is 40.4 Å². The zero-order chi connectivity index (χ0) is 21.2. The lowest BCUT2D eigenvalue weighted by Gasteiger charge is -2.23. The molecule has 0 aliphatic carbocycles. The van der Waals surface area contributed by atoms with E-state index in [9.17, 15) is 22.8 Å². The van der Waals surface area contributed by atoms with Crippen LogP contribution in [0, 0.1) is 0 Å². The molecule has 0 saturated carbocycles. The number of hydrogen-bond donors (Lipinski definition) is 0. The molecule has 3 rings (SSSR count). The molecule has 0 radical (unpaired) electrons. The van der Waals surface area contributed by atoms with Crippen molar-refractivity contribution < 1.29 is 32.3 Å².